The molecule has 0 radical (unpaired) electrons. The molecule has 0 atom stereocenters. The summed E-state index contributed by atoms with van der Waals surface area (Å²) in [6.45, 7) is 0.811. The molecule has 4 aromatic rings. The Balaban J connectivity index is 1.37. The molecule has 2 N–H and O–H groups in total. The van der Waals surface area contributed by atoms with E-state index < -0.39 is 4.92 Å². The van der Waals surface area contributed by atoms with Gasteiger partial charge in [0.1, 0.15) is 12.4 Å². The zero-order valence-electron chi connectivity index (χ0n) is 16.0. The molecule has 0 aliphatic carbocycles. The number of para-hydroxylation sites is 1. The number of carbonyl (C=O) groups excluding carboxylic acids is 1. The number of benzene rings is 3. The first-order chi connectivity index (χ1) is 14.6. The summed E-state index contributed by atoms with van der Waals surface area (Å²) >= 11 is 0. The molecule has 0 saturated heterocycles. The van der Waals surface area contributed by atoms with Crippen LogP contribution in [0.4, 0.5) is 5.69 Å². The van der Waals surface area contributed by atoms with Crippen LogP contribution in [0.5, 0.6) is 5.75 Å². The smallest absolute Gasteiger partial charge is 0.270 e. The Hall–Kier alpha value is -4.13. The number of aromatic nitrogens is 1. The zero-order chi connectivity index (χ0) is 20.9. The maximum atomic E-state index is 12.6. The van der Waals surface area contributed by atoms with Gasteiger partial charge in [-0.15, -0.1) is 0 Å². The Kier molecular flexibility index (Phi) is 5.43. The Morgan fingerprint density at radius 2 is 1.73 bits per heavy atom. The van der Waals surface area contributed by atoms with Crippen molar-refractivity contribution in [3.05, 3.63) is 106 Å². The third kappa shape index (κ3) is 4.30. The van der Waals surface area contributed by atoms with Crippen molar-refractivity contribution in [1.82, 2.24) is 10.3 Å². The number of H-pyrrole nitrogens is 1. The number of ether oxygens (including phenoxy) is 1. The molecule has 0 fully saturated rings. The van der Waals surface area contributed by atoms with Crippen molar-refractivity contribution in [2.24, 2.45) is 0 Å². The van der Waals surface area contributed by atoms with Crippen LogP contribution in [0.15, 0.2) is 79.0 Å². The van der Waals surface area contributed by atoms with E-state index >= 15 is 0 Å². The number of aromatic amines is 1. The Labute approximate surface area is 172 Å². The number of nitrogens with one attached hydrogen (secondary N) is 2. The Bertz CT molecular complexity index is 1180. The Morgan fingerprint density at radius 3 is 2.47 bits per heavy atom. The number of rotatable bonds is 7. The SMILES string of the molecule is O=C(NCc1ccc(COc2ccccc2)cc1)c1c[nH]c2ccc([N+](=O)[O-])cc12. The van der Waals surface area contributed by atoms with Gasteiger partial charge in [0, 0.05) is 35.8 Å². The molecule has 0 unspecified atom stereocenters. The average Bonchev–Trinajstić information content (AvgIpc) is 3.21. The average molecular weight is 401 g/mol. The fourth-order valence-corrected chi connectivity index (χ4v) is 3.12. The van der Waals surface area contributed by atoms with Crippen LogP contribution in [0.3, 0.4) is 0 Å². The van der Waals surface area contributed by atoms with Crippen molar-refractivity contribution < 1.29 is 14.5 Å². The number of nitro groups is 1. The van der Waals surface area contributed by atoms with E-state index in [1.54, 1.807) is 12.3 Å². The van der Waals surface area contributed by atoms with Gasteiger partial charge in [0.2, 0.25) is 0 Å². The van der Waals surface area contributed by atoms with Crippen LogP contribution >= 0.6 is 0 Å². The van der Waals surface area contributed by atoms with E-state index in [1.165, 1.54) is 12.1 Å². The normalized spacial score (nSPS) is 10.7. The van der Waals surface area contributed by atoms with Gasteiger partial charge in [-0.2, -0.15) is 0 Å². The van der Waals surface area contributed by atoms with Crippen LogP contribution in [-0.4, -0.2) is 15.8 Å². The highest BCUT2D eigenvalue weighted by Gasteiger charge is 2.15. The number of amides is 1. The number of non-ortho nitro benzene ring substituents is 1. The molecule has 0 aliphatic heterocycles. The molecule has 0 spiro atoms. The molecule has 7 heteroatoms. The maximum Gasteiger partial charge on any atom is 0.270 e. The first kappa shape index (κ1) is 19.2. The van der Waals surface area contributed by atoms with E-state index in [-0.39, 0.29) is 11.6 Å². The standard InChI is InChI=1S/C23H19N3O4/c27-23(21-14-24-22-11-10-18(26(28)29)12-20(21)22)25-13-16-6-8-17(9-7-16)15-30-19-4-2-1-3-5-19/h1-12,14,24H,13,15H2,(H,25,27). The maximum absolute atomic E-state index is 12.6. The largest absolute Gasteiger partial charge is 0.489 e. The van der Waals surface area contributed by atoms with E-state index in [9.17, 15) is 14.9 Å². The molecule has 7 nitrogen and oxygen atoms in total. The minimum atomic E-state index is -0.475. The van der Waals surface area contributed by atoms with Gasteiger partial charge in [0.25, 0.3) is 11.6 Å². The van der Waals surface area contributed by atoms with Gasteiger partial charge in [-0.25, -0.2) is 0 Å². The summed E-state index contributed by atoms with van der Waals surface area (Å²) in [6.07, 6.45) is 1.56. The lowest BCUT2D eigenvalue weighted by atomic mass is 10.1. The van der Waals surface area contributed by atoms with Gasteiger partial charge in [-0.3, -0.25) is 14.9 Å². The van der Waals surface area contributed by atoms with Crippen molar-refractivity contribution >= 4 is 22.5 Å². The van der Waals surface area contributed by atoms with Crippen molar-refractivity contribution in [3.63, 3.8) is 0 Å². The van der Waals surface area contributed by atoms with E-state index in [4.69, 9.17) is 4.74 Å². The summed E-state index contributed by atoms with van der Waals surface area (Å²) in [5.74, 6) is 0.519. The molecule has 4 rings (SSSR count). The van der Waals surface area contributed by atoms with E-state index in [0.717, 1.165) is 16.9 Å². The first-order valence-electron chi connectivity index (χ1n) is 9.39. The number of nitrogens with zero attached hydrogens (tertiary/aromatic N) is 1. The highest BCUT2D eigenvalue weighted by atomic mass is 16.6. The summed E-state index contributed by atoms with van der Waals surface area (Å²) in [6, 6.07) is 21.8. The number of hydrogen-bond donors (Lipinski definition) is 2. The summed E-state index contributed by atoms with van der Waals surface area (Å²) in [5, 5.41) is 14.4. The molecule has 0 aliphatic rings. The highest BCUT2D eigenvalue weighted by molar-refractivity contribution is 6.07. The quantitative estimate of drug-likeness (QED) is 0.350. The minimum absolute atomic E-state index is 0.0514. The van der Waals surface area contributed by atoms with E-state index in [0.29, 0.717) is 29.6 Å². The van der Waals surface area contributed by atoms with E-state index in [2.05, 4.69) is 10.3 Å². The predicted octanol–water partition coefficient (Wildman–Crippen LogP) is 4.59. The van der Waals surface area contributed by atoms with Gasteiger partial charge < -0.3 is 15.0 Å². The summed E-state index contributed by atoms with van der Waals surface area (Å²) in [4.78, 5) is 26.1. The number of hydrogen-bond acceptors (Lipinski definition) is 4. The minimum Gasteiger partial charge on any atom is -0.489 e. The second kappa shape index (κ2) is 8.48. The molecule has 1 aromatic heterocycles. The third-order valence-electron chi connectivity index (χ3n) is 4.75. The molecule has 1 amide bonds. The van der Waals surface area contributed by atoms with E-state index in [1.807, 2.05) is 54.6 Å². The van der Waals surface area contributed by atoms with Crippen molar-refractivity contribution in [2.45, 2.75) is 13.2 Å². The van der Waals surface area contributed by atoms with Gasteiger partial charge >= 0.3 is 0 Å². The fourth-order valence-electron chi connectivity index (χ4n) is 3.12. The monoisotopic (exact) mass is 401 g/mol. The number of nitro benzene ring substituents is 1. The van der Waals surface area contributed by atoms with Crippen LogP contribution in [0.25, 0.3) is 10.9 Å². The van der Waals surface area contributed by atoms with Crippen LogP contribution < -0.4 is 10.1 Å². The second-order valence-electron chi connectivity index (χ2n) is 6.79. The molecule has 150 valence electrons. The van der Waals surface area contributed by atoms with Gasteiger partial charge in [0.05, 0.1) is 10.5 Å². The van der Waals surface area contributed by atoms with Crippen LogP contribution in [0.2, 0.25) is 0 Å². The molecule has 0 saturated carbocycles. The van der Waals surface area contributed by atoms with Crippen molar-refractivity contribution in [2.75, 3.05) is 0 Å². The topological polar surface area (TPSA) is 97.3 Å². The van der Waals surface area contributed by atoms with Crippen molar-refractivity contribution in [1.29, 1.82) is 0 Å². The number of carbonyl (C=O) groups is 1. The lowest BCUT2D eigenvalue weighted by Crippen LogP contribution is -2.22. The highest BCUT2D eigenvalue weighted by Crippen LogP contribution is 2.23. The summed E-state index contributed by atoms with van der Waals surface area (Å²) < 4.78 is 5.73. The van der Waals surface area contributed by atoms with Gasteiger partial charge in [0.15, 0.2) is 0 Å². The van der Waals surface area contributed by atoms with Crippen LogP contribution in [0, 0.1) is 10.1 Å². The molecular formula is C23H19N3O4. The fraction of sp³-hybridized carbons (Fsp3) is 0.0870. The van der Waals surface area contributed by atoms with Gasteiger partial charge in [-0.1, -0.05) is 42.5 Å². The summed E-state index contributed by atoms with van der Waals surface area (Å²) in [5.41, 5.74) is 2.97. The lowest BCUT2D eigenvalue weighted by molar-refractivity contribution is -0.384. The molecule has 3 aromatic carbocycles. The molecule has 30 heavy (non-hydrogen) atoms. The van der Waals surface area contributed by atoms with Gasteiger partial charge in [-0.05, 0) is 29.3 Å². The second-order valence-corrected chi connectivity index (χ2v) is 6.79. The Morgan fingerprint density at radius 1 is 1.00 bits per heavy atom. The molecule has 0 bridgehead atoms. The predicted molar refractivity (Wildman–Crippen MR) is 113 cm³/mol. The lowest BCUT2D eigenvalue weighted by Gasteiger charge is -2.08. The van der Waals surface area contributed by atoms with Crippen molar-refractivity contribution in [3.8, 4) is 5.75 Å². The number of fused-ring (bicyclic) bond motifs is 1. The first-order valence-corrected chi connectivity index (χ1v) is 9.39. The zero-order valence-corrected chi connectivity index (χ0v) is 16.0. The summed E-state index contributed by atoms with van der Waals surface area (Å²) in [7, 11) is 0. The third-order valence-corrected chi connectivity index (χ3v) is 4.75. The molecule has 1 heterocycles. The van der Waals surface area contributed by atoms with Crippen LogP contribution in [0.1, 0.15) is 21.5 Å². The molecular weight excluding hydrogens is 382 g/mol. The van der Waals surface area contributed by atoms with Crippen LogP contribution in [-0.2, 0) is 13.2 Å².